The van der Waals surface area contributed by atoms with Crippen LogP contribution in [0.4, 0.5) is 4.79 Å². The van der Waals surface area contributed by atoms with E-state index in [0.717, 1.165) is 19.3 Å². The van der Waals surface area contributed by atoms with Gasteiger partial charge in [0.05, 0.1) is 0 Å². The quantitative estimate of drug-likeness (QED) is 0.512. The molecule has 0 saturated heterocycles. The zero-order valence-electron chi connectivity index (χ0n) is 11.0. The van der Waals surface area contributed by atoms with Crippen LogP contribution in [0.25, 0.3) is 0 Å². The van der Waals surface area contributed by atoms with Gasteiger partial charge in [-0.15, -0.1) is 0 Å². The first kappa shape index (κ1) is 16.7. The molecule has 0 aromatic heterocycles. The zero-order chi connectivity index (χ0) is 13.8. The van der Waals surface area contributed by atoms with E-state index in [2.05, 4.69) is 5.32 Å². The number of carbonyl (C=O) groups excluding carboxylic acids is 1. The lowest BCUT2D eigenvalue weighted by molar-refractivity contribution is -0.137. The fraction of sp³-hybridized carbons (Fsp3) is 0.833. The highest BCUT2D eigenvalue weighted by Gasteiger charge is 2.06. The SMILES string of the molecule is CN(CCCCCO)C(=O)NCCCCC(=O)O. The van der Waals surface area contributed by atoms with E-state index < -0.39 is 5.97 Å². The van der Waals surface area contributed by atoms with Crippen molar-refractivity contribution in [3.05, 3.63) is 0 Å². The van der Waals surface area contributed by atoms with Gasteiger partial charge in [0.15, 0.2) is 0 Å². The molecule has 0 aliphatic carbocycles. The normalized spacial score (nSPS) is 10.1. The topological polar surface area (TPSA) is 89.9 Å². The predicted octanol–water partition coefficient (Wildman–Crippen LogP) is 1.05. The summed E-state index contributed by atoms with van der Waals surface area (Å²) in [7, 11) is 1.73. The molecule has 0 bridgehead atoms. The molecule has 0 heterocycles. The molecule has 0 aliphatic rings. The van der Waals surface area contributed by atoms with Crippen LogP contribution in [0.15, 0.2) is 0 Å². The standard InChI is InChI=1S/C12H24N2O4/c1-14(9-5-2-6-10-15)12(18)13-8-4-3-7-11(16)17/h15H,2-10H2,1H3,(H,13,18)(H,16,17). The first-order chi connectivity index (χ1) is 8.57. The van der Waals surface area contributed by atoms with Crippen LogP contribution in [-0.2, 0) is 4.79 Å². The van der Waals surface area contributed by atoms with Gasteiger partial charge in [0.1, 0.15) is 0 Å². The number of carboxylic acids is 1. The zero-order valence-corrected chi connectivity index (χ0v) is 11.0. The molecule has 0 unspecified atom stereocenters. The fourth-order valence-corrected chi connectivity index (χ4v) is 1.47. The first-order valence-corrected chi connectivity index (χ1v) is 6.39. The van der Waals surface area contributed by atoms with Gasteiger partial charge in [0.25, 0.3) is 0 Å². The van der Waals surface area contributed by atoms with Crippen LogP contribution in [0.1, 0.15) is 38.5 Å². The molecule has 0 aliphatic heterocycles. The van der Waals surface area contributed by atoms with Crippen LogP contribution in [0.5, 0.6) is 0 Å². The van der Waals surface area contributed by atoms with Gasteiger partial charge >= 0.3 is 12.0 Å². The Morgan fingerprint density at radius 3 is 2.44 bits per heavy atom. The van der Waals surface area contributed by atoms with E-state index >= 15 is 0 Å². The second-order valence-electron chi connectivity index (χ2n) is 4.29. The average molecular weight is 260 g/mol. The Labute approximate surface area is 108 Å². The van der Waals surface area contributed by atoms with Gasteiger partial charge in [-0.1, -0.05) is 0 Å². The number of unbranched alkanes of at least 4 members (excludes halogenated alkanes) is 3. The molecular weight excluding hydrogens is 236 g/mol. The molecular formula is C12H24N2O4. The monoisotopic (exact) mass is 260 g/mol. The number of nitrogens with zero attached hydrogens (tertiary/aromatic N) is 1. The number of carbonyl (C=O) groups is 2. The maximum absolute atomic E-state index is 11.6. The lowest BCUT2D eigenvalue weighted by atomic mass is 10.2. The maximum atomic E-state index is 11.6. The summed E-state index contributed by atoms with van der Waals surface area (Å²) < 4.78 is 0. The lowest BCUT2D eigenvalue weighted by Crippen LogP contribution is -2.38. The second kappa shape index (κ2) is 10.8. The largest absolute Gasteiger partial charge is 0.481 e. The third-order valence-corrected chi connectivity index (χ3v) is 2.59. The van der Waals surface area contributed by atoms with Crippen LogP contribution in [-0.4, -0.2) is 53.9 Å². The lowest BCUT2D eigenvalue weighted by Gasteiger charge is -2.17. The first-order valence-electron chi connectivity index (χ1n) is 6.39. The predicted molar refractivity (Wildman–Crippen MR) is 68.5 cm³/mol. The molecule has 0 saturated carbocycles. The number of rotatable bonds is 10. The van der Waals surface area contributed by atoms with Gasteiger partial charge in [-0.25, -0.2) is 4.79 Å². The van der Waals surface area contributed by atoms with Crippen LogP contribution in [0.3, 0.4) is 0 Å². The van der Waals surface area contributed by atoms with Gasteiger partial charge < -0.3 is 20.4 Å². The third kappa shape index (κ3) is 9.89. The highest BCUT2D eigenvalue weighted by atomic mass is 16.4. The highest BCUT2D eigenvalue weighted by molar-refractivity contribution is 5.73. The van der Waals surface area contributed by atoms with Crippen LogP contribution in [0.2, 0.25) is 0 Å². The van der Waals surface area contributed by atoms with E-state index in [1.165, 1.54) is 0 Å². The molecule has 0 aromatic carbocycles. The van der Waals surface area contributed by atoms with Crippen molar-refractivity contribution in [2.24, 2.45) is 0 Å². The van der Waals surface area contributed by atoms with Gasteiger partial charge in [-0.2, -0.15) is 0 Å². The van der Waals surface area contributed by atoms with Crippen LogP contribution >= 0.6 is 0 Å². The molecule has 106 valence electrons. The number of amides is 2. The minimum atomic E-state index is -0.803. The summed E-state index contributed by atoms with van der Waals surface area (Å²) >= 11 is 0. The maximum Gasteiger partial charge on any atom is 0.317 e. The molecule has 0 radical (unpaired) electrons. The van der Waals surface area contributed by atoms with Crippen molar-refractivity contribution >= 4 is 12.0 Å². The number of aliphatic hydroxyl groups excluding tert-OH is 1. The van der Waals surface area contributed by atoms with Crippen molar-refractivity contribution < 1.29 is 19.8 Å². The Balaban J connectivity index is 3.46. The molecule has 0 fully saturated rings. The molecule has 18 heavy (non-hydrogen) atoms. The summed E-state index contributed by atoms with van der Waals surface area (Å²) in [4.78, 5) is 23.4. The summed E-state index contributed by atoms with van der Waals surface area (Å²) in [6, 6.07) is -0.130. The van der Waals surface area contributed by atoms with E-state index in [1.54, 1.807) is 11.9 Å². The number of carboxylic acid groups (broad SMARTS) is 1. The smallest absolute Gasteiger partial charge is 0.317 e. The Morgan fingerprint density at radius 2 is 1.83 bits per heavy atom. The Hall–Kier alpha value is -1.30. The summed E-state index contributed by atoms with van der Waals surface area (Å²) in [6.07, 6.45) is 3.96. The van der Waals surface area contributed by atoms with Gasteiger partial charge in [0, 0.05) is 33.2 Å². The summed E-state index contributed by atoms with van der Waals surface area (Å²) in [5.41, 5.74) is 0. The molecule has 0 rings (SSSR count). The fourth-order valence-electron chi connectivity index (χ4n) is 1.47. The Kier molecular flexibility index (Phi) is 10.0. The van der Waals surface area contributed by atoms with Gasteiger partial charge in [0.2, 0.25) is 0 Å². The molecule has 0 aromatic rings. The van der Waals surface area contributed by atoms with Gasteiger partial charge in [-0.3, -0.25) is 4.79 Å². The second-order valence-corrected chi connectivity index (χ2v) is 4.29. The number of aliphatic carboxylic acids is 1. The average Bonchev–Trinajstić information content (AvgIpc) is 2.33. The molecule has 0 spiro atoms. The Bertz CT molecular complexity index is 246. The minimum absolute atomic E-state index is 0.130. The molecule has 0 atom stereocenters. The molecule has 6 heteroatoms. The number of urea groups is 1. The Morgan fingerprint density at radius 1 is 1.11 bits per heavy atom. The van der Waals surface area contributed by atoms with E-state index in [9.17, 15) is 9.59 Å². The molecule has 2 amide bonds. The third-order valence-electron chi connectivity index (χ3n) is 2.59. The highest BCUT2D eigenvalue weighted by Crippen LogP contribution is 1.98. The van der Waals surface area contributed by atoms with Crippen molar-refractivity contribution in [3.63, 3.8) is 0 Å². The van der Waals surface area contributed by atoms with E-state index in [4.69, 9.17) is 10.2 Å². The van der Waals surface area contributed by atoms with Crippen molar-refractivity contribution in [1.29, 1.82) is 0 Å². The molecule has 3 N–H and O–H groups in total. The van der Waals surface area contributed by atoms with E-state index in [-0.39, 0.29) is 19.1 Å². The van der Waals surface area contributed by atoms with Crippen molar-refractivity contribution in [1.82, 2.24) is 10.2 Å². The van der Waals surface area contributed by atoms with Crippen molar-refractivity contribution in [2.75, 3.05) is 26.7 Å². The minimum Gasteiger partial charge on any atom is -0.481 e. The number of hydrogen-bond acceptors (Lipinski definition) is 3. The van der Waals surface area contributed by atoms with Crippen LogP contribution < -0.4 is 5.32 Å². The van der Waals surface area contributed by atoms with Crippen LogP contribution in [0, 0.1) is 0 Å². The summed E-state index contributed by atoms with van der Waals surface area (Å²) in [5.74, 6) is -0.803. The molecule has 6 nitrogen and oxygen atoms in total. The van der Waals surface area contributed by atoms with Crippen molar-refractivity contribution in [3.8, 4) is 0 Å². The van der Waals surface area contributed by atoms with E-state index in [0.29, 0.717) is 25.9 Å². The summed E-state index contributed by atoms with van der Waals surface area (Å²) in [6.45, 7) is 1.37. The summed E-state index contributed by atoms with van der Waals surface area (Å²) in [5, 5.41) is 19.8. The number of hydrogen-bond donors (Lipinski definition) is 3. The van der Waals surface area contributed by atoms with E-state index in [1.807, 2.05) is 0 Å². The number of nitrogens with one attached hydrogen (secondary N) is 1. The van der Waals surface area contributed by atoms with Crippen molar-refractivity contribution in [2.45, 2.75) is 38.5 Å². The van der Waals surface area contributed by atoms with Gasteiger partial charge in [-0.05, 0) is 32.1 Å². The number of aliphatic hydroxyl groups is 1.